The first-order valence-corrected chi connectivity index (χ1v) is 12.0. The van der Waals surface area contributed by atoms with Gasteiger partial charge in [0.15, 0.2) is 0 Å². The summed E-state index contributed by atoms with van der Waals surface area (Å²) >= 11 is 0. The monoisotopic (exact) mass is 454 g/mol. The highest BCUT2D eigenvalue weighted by molar-refractivity contribution is 7.89. The number of hydrogen-bond donors (Lipinski definition) is 3. The standard InChI is InChI=1S/C24H30N4O3S/c1-28(2)21-12-10-20-16-22(13-11-19(20)15-21)32(30,31)27-23(9-6-14-25)24(29)26-17-18-7-4-3-5-8-18/h3-5,7-8,10-13,15-16,23,27H,6,9,14,17,25H2,1-2H3,(H,26,29). The number of hydrogen-bond acceptors (Lipinski definition) is 5. The lowest BCUT2D eigenvalue weighted by atomic mass is 10.1. The van der Waals surface area contributed by atoms with Gasteiger partial charge in [0.1, 0.15) is 6.04 Å². The molecule has 32 heavy (non-hydrogen) atoms. The minimum absolute atomic E-state index is 0.121. The molecule has 0 heterocycles. The van der Waals surface area contributed by atoms with Gasteiger partial charge in [-0.05, 0) is 60.0 Å². The van der Waals surface area contributed by atoms with Crippen LogP contribution in [-0.4, -0.2) is 41.0 Å². The Labute approximate surface area is 189 Å². The van der Waals surface area contributed by atoms with Crippen molar-refractivity contribution in [2.75, 3.05) is 25.5 Å². The molecular weight excluding hydrogens is 424 g/mol. The molecule has 3 aromatic carbocycles. The highest BCUT2D eigenvalue weighted by Crippen LogP contribution is 2.24. The molecule has 4 N–H and O–H groups in total. The molecule has 0 aromatic heterocycles. The largest absolute Gasteiger partial charge is 0.378 e. The Morgan fingerprint density at radius 1 is 1.00 bits per heavy atom. The van der Waals surface area contributed by atoms with Gasteiger partial charge < -0.3 is 16.0 Å². The van der Waals surface area contributed by atoms with Gasteiger partial charge in [0.05, 0.1) is 4.90 Å². The number of nitrogens with one attached hydrogen (secondary N) is 2. The minimum Gasteiger partial charge on any atom is -0.378 e. The molecule has 1 unspecified atom stereocenters. The average Bonchev–Trinajstić information content (AvgIpc) is 2.80. The van der Waals surface area contributed by atoms with Crippen molar-refractivity contribution in [1.29, 1.82) is 0 Å². The Morgan fingerprint density at radius 2 is 1.69 bits per heavy atom. The van der Waals surface area contributed by atoms with Crippen molar-refractivity contribution in [3.05, 3.63) is 72.3 Å². The van der Waals surface area contributed by atoms with Crippen LogP contribution in [0, 0.1) is 0 Å². The van der Waals surface area contributed by atoms with Crippen molar-refractivity contribution in [3.8, 4) is 0 Å². The maximum absolute atomic E-state index is 13.1. The van der Waals surface area contributed by atoms with Gasteiger partial charge in [0, 0.05) is 26.3 Å². The van der Waals surface area contributed by atoms with E-state index >= 15 is 0 Å². The smallest absolute Gasteiger partial charge is 0.241 e. The molecule has 0 fully saturated rings. The fourth-order valence-corrected chi connectivity index (χ4v) is 4.65. The third kappa shape index (κ3) is 6.06. The number of anilines is 1. The summed E-state index contributed by atoms with van der Waals surface area (Å²) in [6.07, 6.45) is 0.840. The van der Waals surface area contributed by atoms with Gasteiger partial charge in [-0.1, -0.05) is 42.5 Å². The Morgan fingerprint density at radius 3 is 2.38 bits per heavy atom. The van der Waals surface area contributed by atoms with Crippen LogP contribution in [0.4, 0.5) is 5.69 Å². The number of fused-ring (bicyclic) bond motifs is 1. The second-order valence-corrected chi connectivity index (χ2v) is 9.61. The number of benzene rings is 3. The molecule has 0 aliphatic heterocycles. The second kappa shape index (κ2) is 10.6. The molecule has 0 aliphatic rings. The zero-order valence-corrected chi connectivity index (χ0v) is 19.2. The molecule has 0 saturated carbocycles. The van der Waals surface area contributed by atoms with Gasteiger partial charge in [0.25, 0.3) is 0 Å². The second-order valence-electron chi connectivity index (χ2n) is 7.90. The maximum atomic E-state index is 13.1. The van der Waals surface area contributed by atoms with E-state index in [2.05, 4.69) is 10.0 Å². The van der Waals surface area contributed by atoms with Crippen molar-refractivity contribution in [2.24, 2.45) is 5.73 Å². The quantitative estimate of drug-likeness (QED) is 0.437. The Balaban J connectivity index is 1.78. The number of nitrogens with zero attached hydrogens (tertiary/aromatic N) is 1. The lowest BCUT2D eigenvalue weighted by Gasteiger charge is -2.19. The van der Waals surface area contributed by atoms with E-state index in [-0.39, 0.29) is 10.8 Å². The van der Waals surface area contributed by atoms with E-state index in [1.807, 2.05) is 67.5 Å². The molecule has 3 rings (SSSR count). The van der Waals surface area contributed by atoms with Crippen LogP contribution < -0.4 is 20.7 Å². The van der Waals surface area contributed by atoms with Crippen LogP contribution in [0.5, 0.6) is 0 Å². The Hall–Kier alpha value is -2.94. The Bertz CT molecular complexity index is 1160. The highest BCUT2D eigenvalue weighted by atomic mass is 32.2. The van der Waals surface area contributed by atoms with E-state index in [0.29, 0.717) is 25.9 Å². The molecule has 0 radical (unpaired) electrons. The van der Waals surface area contributed by atoms with Crippen molar-refractivity contribution in [3.63, 3.8) is 0 Å². The van der Waals surface area contributed by atoms with E-state index in [0.717, 1.165) is 22.0 Å². The number of carbonyl (C=O) groups excluding carboxylic acids is 1. The molecule has 8 heteroatoms. The van der Waals surface area contributed by atoms with Crippen LogP contribution >= 0.6 is 0 Å². The van der Waals surface area contributed by atoms with Crippen molar-refractivity contribution >= 4 is 32.4 Å². The van der Waals surface area contributed by atoms with Crippen molar-refractivity contribution in [1.82, 2.24) is 10.0 Å². The molecule has 7 nitrogen and oxygen atoms in total. The summed E-state index contributed by atoms with van der Waals surface area (Å²) in [5.41, 5.74) is 7.57. The molecule has 1 atom stereocenters. The van der Waals surface area contributed by atoms with Crippen molar-refractivity contribution in [2.45, 2.75) is 30.3 Å². The molecule has 0 saturated heterocycles. The summed E-state index contributed by atoms with van der Waals surface area (Å²) in [4.78, 5) is 14.9. The normalized spacial score (nSPS) is 12.5. The van der Waals surface area contributed by atoms with Crippen LogP contribution in [-0.2, 0) is 21.4 Å². The summed E-state index contributed by atoms with van der Waals surface area (Å²) in [5, 5.41) is 4.57. The van der Waals surface area contributed by atoms with E-state index in [9.17, 15) is 13.2 Å². The maximum Gasteiger partial charge on any atom is 0.241 e. The lowest BCUT2D eigenvalue weighted by molar-refractivity contribution is -0.123. The van der Waals surface area contributed by atoms with Crippen LogP contribution in [0.3, 0.4) is 0 Å². The van der Waals surface area contributed by atoms with Gasteiger partial charge in [0.2, 0.25) is 15.9 Å². The minimum atomic E-state index is -3.90. The van der Waals surface area contributed by atoms with Crippen molar-refractivity contribution < 1.29 is 13.2 Å². The summed E-state index contributed by atoms with van der Waals surface area (Å²) < 4.78 is 28.7. The zero-order chi connectivity index (χ0) is 23.1. The summed E-state index contributed by atoms with van der Waals surface area (Å²) in [5.74, 6) is -0.373. The van der Waals surface area contributed by atoms with E-state index < -0.39 is 16.1 Å². The average molecular weight is 455 g/mol. The van der Waals surface area contributed by atoms with Gasteiger partial charge in [-0.15, -0.1) is 0 Å². The van der Waals surface area contributed by atoms with Crippen LogP contribution in [0.2, 0.25) is 0 Å². The number of nitrogens with two attached hydrogens (primary N) is 1. The first-order valence-electron chi connectivity index (χ1n) is 10.6. The zero-order valence-electron chi connectivity index (χ0n) is 18.4. The summed E-state index contributed by atoms with van der Waals surface area (Å²) in [7, 11) is 0.00737. The third-order valence-electron chi connectivity index (χ3n) is 5.24. The van der Waals surface area contributed by atoms with Crippen LogP contribution in [0.25, 0.3) is 10.8 Å². The molecule has 1 amide bonds. The topological polar surface area (TPSA) is 105 Å². The first kappa shape index (κ1) is 23.7. The first-order chi connectivity index (χ1) is 15.3. The third-order valence-corrected chi connectivity index (χ3v) is 6.71. The summed E-state index contributed by atoms with van der Waals surface area (Å²) in [6.45, 7) is 0.694. The van der Waals surface area contributed by atoms with Gasteiger partial charge >= 0.3 is 0 Å². The number of rotatable bonds is 10. The predicted octanol–water partition coefficient (Wildman–Crippen LogP) is 2.61. The fraction of sp³-hybridized carbons (Fsp3) is 0.292. The van der Waals surface area contributed by atoms with E-state index in [1.54, 1.807) is 18.2 Å². The predicted molar refractivity (Wildman–Crippen MR) is 129 cm³/mol. The van der Waals surface area contributed by atoms with Crippen LogP contribution in [0.1, 0.15) is 18.4 Å². The summed E-state index contributed by atoms with van der Waals surface area (Å²) in [6, 6.07) is 19.4. The molecule has 170 valence electrons. The lowest BCUT2D eigenvalue weighted by Crippen LogP contribution is -2.46. The number of amides is 1. The van der Waals surface area contributed by atoms with Gasteiger partial charge in [-0.2, -0.15) is 4.72 Å². The fourth-order valence-electron chi connectivity index (χ4n) is 3.39. The molecular formula is C24H30N4O3S. The van der Waals surface area contributed by atoms with E-state index in [1.165, 1.54) is 0 Å². The van der Waals surface area contributed by atoms with Crippen LogP contribution in [0.15, 0.2) is 71.6 Å². The van der Waals surface area contributed by atoms with E-state index in [4.69, 9.17) is 5.73 Å². The molecule has 3 aromatic rings. The number of carbonyl (C=O) groups is 1. The molecule has 0 spiro atoms. The highest BCUT2D eigenvalue weighted by Gasteiger charge is 2.25. The van der Waals surface area contributed by atoms with Gasteiger partial charge in [-0.25, -0.2) is 8.42 Å². The SMILES string of the molecule is CN(C)c1ccc2cc(S(=O)(=O)NC(CCCN)C(=O)NCc3ccccc3)ccc2c1. The number of sulfonamides is 1. The van der Waals surface area contributed by atoms with Gasteiger partial charge in [-0.3, -0.25) is 4.79 Å². The Kier molecular flexibility index (Phi) is 7.84. The molecule has 0 aliphatic carbocycles. The molecule has 0 bridgehead atoms.